The van der Waals surface area contributed by atoms with Crippen LogP contribution in [0.5, 0.6) is 0 Å². The van der Waals surface area contributed by atoms with Crippen molar-refractivity contribution in [1.29, 1.82) is 0 Å². The summed E-state index contributed by atoms with van der Waals surface area (Å²) in [6.45, 7) is 3.48. The van der Waals surface area contributed by atoms with Gasteiger partial charge in [0.2, 0.25) is 0 Å². The Morgan fingerprint density at radius 2 is 1.95 bits per heavy atom. The maximum absolute atomic E-state index is 12.5. The fourth-order valence-electron chi connectivity index (χ4n) is 3.07. The molecule has 3 rings (SSSR count). The maximum atomic E-state index is 12.5. The molecule has 0 aromatic carbocycles. The van der Waals surface area contributed by atoms with E-state index in [9.17, 15) is 4.79 Å². The third kappa shape index (κ3) is 2.72. The summed E-state index contributed by atoms with van der Waals surface area (Å²) in [7, 11) is 0. The molecule has 2 fully saturated rings. The van der Waals surface area contributed by atoms with E-state index >= 15 is 0 Å². The molecule has 0 saturated carbocycles. The first-order valence-electron chi connectivity index (χ1n) is 7.24. The summed E-state index contributed by atoms with van der Waals surface area (Å²) < 4.78 is 0. The van der Waals surface area contributed by atoms with Crippen LogP contribution in [0.1, 0.15) is 43.8 Å². The zero-order chi connectivity index (χ0) is 13.1. The van der Waals surface area contributed by atoms with Gasteiger partial charge in [-0.2, -0.15) is 5.10 Å². The number of carbonyl (C=O) groups is 1. The van der Waals surface area contributed by atoms with Crippen LogP contribution in [0.4, 0.5) is 4.79 Å². The number of H-pyrrole nitrogens is 1. The maximum Gasteiger partial charge on any atom is 0.320 e. The molecule has 0 radical (unpaired) electrons. The zero-order valence-electron chi connectivity index (χ0n) is 11.2. The molecule has 1 N–H and O–H groups in total. The van der Waals surface area contributed by atoms with Crippen molar-refractivity contribution in [3.05, 3.63) is 12.2 Å². The van der Waals surface area contributed by atoms with Gasteiger partial charge in [-0.15, -0.1) is 0 Å². The van der Waals surface area contributed by atoms with Crippen LogP contribution in [0, 0.1) is 0 Å². The van der Waals surface area contributed by atoms with Gasteiger partial charge in [0.15, 0.2) is 0 Å². The smallest absolute Gasteiger partial charge is 0.320 e. The van der Waals surface area contributed by atoms with Crippen molar-refractivity contribution in [2.24, 2.45) is 0 Å². The van der Waals surface area contributed by atoms with Gasteiger partial charge in [0.25, 0.3) is 0 Å². The Kier molecular flexibility index (Phi) is 3.66. The highest BCUT2D eigenvalue weighted by Gasteiger charge is 2.29. The van der Waals surface area contributed by atoms with E-state index in [0.29, 0.717) is 5.92 Å². The van der Waals surface area contributed by atoms with Crippen LogP contribution in [0.15, 0.2) is 6.33 Å². The molecule has 6 nitrogen and oxygen atoms in total. The molecule has 0 aliphatic carbocycles. The quantitative estimate of drug-likeness (QED) is 0.836. The molecule has 0 spiro atoms. The number of aromatic amines is 1. The number of hydrogen-bond acceptors (Lipinski definition) is 3. The molecule has 19 heavy (non-hydrogen) atoms. The second kappa shape index (κ2) is 5.59. The number of aromatic nitrogens is 3. The summed E-state index contributed by atoms with van der Waals surface area (Å²) in [5, 5.41) is 6.84. The first-order valence-corrected chi connectivity index (χ1v) is 7.24. The third-order valence-corrected chi connectivity index (χ3v) is 4.14. The largest absolute Gasteiger partial charge is 0.325 e. The number of piperidine rings is 2. The number of likely N-dealkylation sites (tertiary alicyclic amines) is 2. The molecule has 2 amide bonds. The topological polar surface area (TPSA) is 65.1 Å². The Balaban J connectivity index is 1.62. The van der Waals surface area contributed by atoms with Crippen LogP contribution >= 0.6 is 0 Å². The highest BCUT2D eigenvalue weighted by atomic mass is 16.2. The van der Waals surface area contributed by atoms with Crippen molar-refractivity contribution in [2.75, 3.05) is 26.2 Å². The van der Waals surface area contributed by atoms with E-state index in [0.717, 1.165) is 57.7 Å². The Hall–Kier alpha value is -1.59. The van der Waals surface area contributed by atoms with Crippen LogP contribution in [0.2, 0.25) is 0 Å². The molecule has 1 aromatic heterocycles. The van der Waals surface area contributed by atoms with Crippen molar-refractivity contribution < 1.29 is 4.79 Å². The van der Waals surface area contributed by atoms with Gasteiger partial charge in [0.1, 0.15) is 12.2 Å². The van der Waals surface area contributed by atoms with E-state index in [1.54, 1.807) is 6.33 Å². The van der Waals surface area contributed by atoms with Gasteiger partial charge >= 0.3 is 6.03 Å². The van der Waals surface area contributed by atoms with Crippen molar-refractivity contribution in [1.82, 2.24) is 25.0 Å². The van der Waals surface area contributed by atoms with Crippen LogP contribution in [-0.2, 0) is 0 Å². The van der Waals surface area contributed by atoms with E-state index in [4.69, 9.17) is 0 Å². The van der Waals surface area contributed by atoms with Gasteiger partial charge in [-0.05, 0) is 32.1 Å². The SMILES string of the molecule is O=C(N1CCCCC1)N1CCC[C@@H](c2ncn[nH]2)C1. The van der Waals surface area contributed by atoms with Gasteiger partial charge in [0.05, 0.1) is 0 Å². The summed E-state index contributed by atoms with van der Waals surface area (Å²) in [6, 6.07) is 0.212. The lowest BCUT2D eigenvalue weighted by Crippen LogP contribution is -2.48. The molecule has 104 valence electrons. The van der Waals surface area contributed by atoms with E-state index in [1.165, 1.54) is 6.42 Å². The second-order valence-electron chi connectivity index (χ2n) is 5.49. The Morgan fingerprint density at radius 1 is 1.16 bits per heavy atom. The first kappa shape index (κ1) is 12.4. The average Bonchev–Trinajstić information content (AvgIpc) is 3.02. The third-order valence-electron chi connectivity index (χ3n) is 4.14. The summed E-state index contributed by atoms with van der Waals surface area (Å²) in [5.74, 6) is 1.22. The molecule has 0 bridgehead atoms. The number of rotatable bonds is 1. The number of nitrogens with one attached hydrogen (secondary N) is 1. The lowest BCUT2D eigenvalue weighted by Gasteiger charge is -2.37. The zero-order valence-corrected chi connectivity index (χ0v) is 11.2. The summed E-state index contributed by atoms with van der Waals surface area (Å²) in [5.41, 5.74) is 0. The van der Waals surface area contributed by atoms with Crippen LogP contribution in [0.25, 0.3) is 0 Å². The van der Waals surface area contributed by atoms with Gasteiger partial charge in [-0.3, -0.25) is 5.10 Å². The number of nitrogens with zero attached hydrogens (tertiary/aromatic N) is 4. The van der Waals surface area contributed by atoms with Crippen molar-refractivity contribution in [3.63, 3.8) is 0 Å². The van der Waals surface area contributed by atoms with Gasteiger partial charge in [-0.1, -0.05) is 0 Å². The second-order valence-corrected chi connectivity index (χ2v) is 5.49. The molecule has 2 aliphatic heterocycles. The fraction of sp³-hybridized carbons (Fsp3) is 0.769. The molecular formula is C13H21N5O. The predicted molar refractivity (Wildman–Crippen MR) is 70.8 cm³/mol. The molecule has 3 heterocycles. The van der Waals surface area contributed by atoms with Crippen molar-refractivity contribution in [3.8, 4) is 0 Å². The molecule has 1 aromatic rings. The summed E-state index contributed by atoms with van der Waals surface area (Å²) >= 11 is 0. The van der Waals surface area contributed by atoms with Gasteiger partial charge in [-0.25, -0.2) is 9.78 Å². The van der Waals surface area contributed by atoms with Crippen molar-refractivity contribution >= 4 is 6.03 Å². The number of amides is 2. The van der Waals surface area contributed by atoms with E-state index < -0.39 is 0 Å². The first-order chi connectivity index (χ1) is 9.34. The predicted octanol–water partition coefficient (Wildman–Crippen LogP) is 1.59. The highest BCUT2D eigenvalue weighted by Crippen LogP contribution is 2.25. The molecule has 1 atom stereocenters. The Bertz CT molecular complexity index is 413. The number of urea groups is 1. The molecule has 0 unspecified atom stereocenters. The van der Waals surface area contributed by atoms with Crippen LogP contribution in [-0.4, -0.2) is 57.2 Å². The molecule has 2 saturated heterocycles. The van der Waals surface area contributed by atoms with E-state index in [2.05, 4.69) is 15.2 Å². The summed E-state index contributed by atoms with van der Waals surface area (Å²) in [6.07, 6.45) is 7.21. The lowest BCUT2D eigenvalue weighted by molar-refractivity contribution is 0.129. The molecule has 6 heteroatoms. The van der Waals surface area contributed by atoms with E-state index in [-0.39, 0.29) is 6.03 Å². The number of carbonyl (C=O) groups excluding carboxylic acids is 1. The standard InChI is InChI=1S/C13H21N5O/c19-13(17-6-2-1-3-7-17)18-8-4-5-11(9-18)12-14-10-15-16-12/h10-11H,1-9H2,(H,14,15,16)/t11-/m1/s1. The van der Waals surface area contributed by atoms with Crippen LogP contribution in [0.3, 0.4) is 0 Å². The van der Waals surface area contributed by atoms with Crippen LogP contribution < -0.4 is 0 Å². The van der Waals surface area contributed by atoms with Gasteiger partial charge < -0.3 is 9.80 Å². The van der Waals surface area contributed by atoms with E-state index in [1.807, 2.05) is 9.80 Å². The molecular weight excluding hydrogens is 242 g/mol. The molecule has 2 aliphatic rings. The lowest BCUT2D eigenvalue weighted by atomic mass is 9.97. The minimum absolute atomic E-state index is 0.212. The number of hydrogen-bond donors (Lipinski definition) is 1. The van der Waals surface area contributed by atoms with Crippen molar-refractivity contribution in [2.45, 2.75) is 38.0 Å². The Labute approximate surface area is 113 Å². The minimum Gasteiger partial charge on any atom is -0.325 e. The normalized spacial score (nSPS) is 24.5. The summed E-state index contributed by atoms with van der Waals surface area (Å²) in [4.78, 5) is 20.7. The average molecular weight is 263 g/mol. The minimum atomic E-state index is 0.212. The highest BCUT2D eigenvalue weighted by molar-refractivity contribution is 5.74. The fourth-order valence-corrected chi connectivity index (χ4v) is 3.07. The van der Waals surface area contributed by atoms with Gasteiger partial charge in [0, 0.05) is 32.1 Å². The monoisotopic (exact) mass is 263 g/mol. The Morgan fingerprint density at radius 3 is 2.68 bits per heavy atom.